The SMILES string of the molecule is CO/N=C/c1c(N)ncnc1Nc1cccc(Cl)c1C. The largest absolute Gasteiger partial charge is 0.399 e. The van der Waals surface area contributed by atoms with Gasteiger partial charge in [0.05, 0.1) is 11.8 Å². The molecule has 0 saturated heterocycles. The van der Waals surface area contributed by atoms with Gasteiger partial charge in [0.2, 0.25) is 0 Å². The third kappa shape index (κ3) is 2.97. The molecule has 0 atom stereocenters. The van der Waals surface area contributed by atoms with Crippen LogP contribution in [0.15, 0.2) is 29.7 Å². The zero-order valence-corrected chi connectivity index (χ0v) is 11.8. The predicted octanol–water partition coefficient (Wildman–Crippen LogP) is 2.74. The molecule has 20 heavy (non-hydrogen) atoms. The van der Waals surface area contributed by atoms with Crippen LogP contribution in [0.2, 0.25) is 5.02 Å². The van der Waals surface area contributed by atoms with Gasteiger partial charge >= 0.3 is 0 Å². The van der Waals surface area contributed by atoms with Gasteiger partial charge in [-0.25, -0.2) is 9.97 Å². The van der Waals surface area contributed by atoms with Crippen molar-refractivity contribution in [2.24, 2.45) is 5.16 Å². The fourth-order valence-electron chi connectivity index (χ4n) is 1.61. The van der Waals surface area contributed by atoms with E-state index in [2.05, 4.69) is 25.3 Å². The summed E-state index contributed by atoms with van der Waals surface area (Å²) in [6.07, 6.45) is 2.83. The van der Waals surface area contributed by atoms with Crippen LogP contribution in [0, 0.1) is 6.92 Å². The van der Waals surface area contributed by atoms with Gasteiger partial charge in [0.25, 0.3) is 0 Å². The minimum atomic E-state index is 0.308. The fourth-order valence-corrected chi connectivity index (χ4v) is 1.79. The molecule has 0 aliphatic heterocycles. The van der Waals surface area contributed by atoms with Gasteiger partial charge < -0.3 is 15.9 Å². The van der Waals surface area contributed by atoms with E-state index in [-0.39, 0.29) is 0 Å². The van der Waals surface area contributed by atoms with E-state index in [1.54, 1.807) is 0 Å². The Morgan fingerprint density at radius 1 is 1.40 bits per heavy atom. The van der Waals surface area contributed by atoms with E-state index >= 15 is 0 Å². The van der Waals surface area contributed by atoms with Gasteiger partial charge in [-0.05, 0) is 24.6 Å². The Bertz CT molecular complexity index is 645. The Labute approximate surface area is 121 Å². The van der Waals surface area contributed by atoms with E-state index < -0.39 is 0 Å². The fraction of sp³-hybridized carbons (Fsp3) is 0.154. The Morgan fingerprint density at radius 2 is 2.20 bits per heavy atom. The Hall–Kier alpha value is -2.34. The van der Waals surface area contributed by atoms with E-state index in [1.165, 1.54) is 19.7 Å². The summed E-state index contributed by atoms with van der Waals surface area (Å²) >= 11 is 6.09. The number of nitrogens with two attached hydrogens (primary N) is 1. The molecule has 1 heterocycles. The van der Waals surface area contributed by atoms with E-state index in [9.17, 15) is 0 Å². The maximum absolute atomic E-state index is 6.09. The van der Waals surface area contributed by atoms with Gasteiger partial charge in [-0.3, -0.25) is 0 Å². The Balaban J connectivity index is 2.41. The van der Waals surface area contributed by atoms with Gasteiger partial charge in [-0.15, -0.1) is 0 Å². The number of rotatable bonds is 4. The molecule has 0 aliphatic rings. The third-order valence-corrected chi connectivity index (χ3v) is 3.13. The minimum Gasteiger partial charge on any atom is -0.399 e. The molecular formula is C13H14ClN5O. The van der Waals surface area contributed by atoms with Crippen LogP contribution in [0.4, 0.5) is 17.3 Å². The summed E-state index contributed by atoms with van der Waals surface area (Å²) in [6, 6.07) is 5.57. The van der Waals surface area contributed by atoms with Crippen LogP contribution in [0.3, 0.4) is 0 Å². The zero-order chi connectivity index (χ0) is 14.5. The molecule has 0 aliphatic carbocycles. The maximum atomic E-state index is 6.09. The first kappa shape index (κ1) is 14.1. The summed E-state index contributed by atoms with van der Waals surface area (Å²) in [5.41, 5.74) is 8.12. The van der Waals surface area contributed by atoms with Gasteiger partial charge in [0.1, 0.15) is 25.1 Å². The average Bonchev–Trinajstić information content (AvgIpc) is 2.43. The van der Waals surface area contributed by atoms with E-state index in [0.717, 1.165) is 11.3 Å². The van der Waals surface area contributed by atoms with E-state index in [4.69, 9.17) is 17.3 Å². The van der Waals surface area contributed by atoms with Crippen molar-refractivity contribution in [2.75, 3.05) is 18.2 Å². The van der Waals surface area contributed by atoms with Crippen molar-refractivity contribution in [1.82, 2.24) is 9.97 Å². The number of nitrogens with one attached hydrogen (secondary N) is 1. The first-order valence-electron chi connectivity index (χ1n) is 5.82. The average molecular weight is 292 g/mol. The van der Waals surface area contributed by atoms with Gasteiger partial charge in [0, 0.05) is 10.7 Å². The number of hydrogen-bond acceptors (Lipinski definition) is 6. The second kappa shape index (κ2) is 6.21. The predicted molar refractivity (Wildman–Crippen MR) is 80.5 cm³/mol. The van der Waals surface area contributed by atoms with Crippen molar-refractivity contribution in [2.45, 2.75) is 6.92 Å². The number of anilines is 3. The monoisotopic (exact) mass is 291 g/mol. The van der Waals surface area contributed by atoms with Crippen LogP contribution in [0.25, 0.3) is 0 Å². The normalized spacial score (nSPS) is 10.8. The molecule has 0 spiro atoms. The highest BCUT2D eigenvalue weighted by Crippen LogP contribution is 2.27. The van der Waals surface area contributed by atoms with Crippen LogP contribution < -0.4 is 11.1 Å². The lowest BCUT2D eigenvalue weighted by Gasteiger charge is -2.12. The number of nitrogen functional groups attached to an aromatic ring is 1. The number of nitrogens with zero attached hydrogens (tertiary/aromatic N) is 3. The van der Waals surface area contributed by atoms with Crippen molar-refractivity contribution < 1.29 is 4.84 Å². The lowest BCUT2D eigenvalue weighted by molar-refractivity contribution is 0.215. The third-order valence-electron chi connectivity index (χ3n) is 2.72. The summed E-state index contributed by atoms with van der Waals surface area (Å²) < 4.78 is 0. The molecule has 7 heteroatoms. The lowest BCUT2D eigenvalue weighted by atomic mass is 10.2. The number of oxime groups is 1. The van der Waals surface area contributed by atoms with Crippen molar-refractivity contribution in [3.05, 3.63) is 40.7 Å². The lowest BCUT2D eigenvalue weighted by Crippen LogP contribution is -2.05. The smallest absolute Gasteiger partial charge is 0.144 e. The van der Waals surface area contributed by atoms with Crippen molar-refractivity contribution in [1.29, 1.82) is 0 Å². The standard InChI is InChI=1S/C13H14ClN5O/c1-8-10(14)4-3-5-11(8)19-13-9(6-18-20-2)12(15)16-7-17-13/h3-7H,1-2H3,(H3,15,16,17,19)/b18-6+. The molecule has 0 radical (unpaired) electrons. The van der Waals surface area contributed by atoms with E-state index in [0.29, 0.717) is 22.2 Å². The highest BCUT2D eigenvalue weighted by molar-refractivity contribution is 6.31. The van der Waals surface area contributed by atoms with Crippen LogP contribution in [0.1, 0.15) is 11.1 Å². The molecule has 104 valence electrons. The molecule has 0 bridgehead atoms. The summed E-state index contributed by atoms with van der Waals surface area (Å²) in [4.78, 5) is 12.8. The van der Waals surface area contributed by atoms with Crippen LogP contribution in [0.5, 0.6) is 0 Å². The molecule has 1 aromatic carbocycles. The summed E-state index contributed by atoms with van der Waals surface area (Å²) in [5, 5.41) is 7.53. The first-order valence-corrected chi connectivity index (χ1v) is 6.20. The number of aromatic nitrogens is 2. The van der Waals surface area contributed by atoms with Crippen molar-refractivity contribution in [3.8, 4) is 0 Å². The topological polar surface area (TPSA) is 85.4 Å². The number of halogens is 1. The molecule has 0 unspecified atom stereocenters. The van der Waals surface area contributed by atoms with Gasteiger partial charge in [0.15, 0.2) is 0 Å². The van der Waals surface area contributed by atoms with Gasteiger partial charge in [-0.2, -0.15) is 0 Å². The molecule has 2 aromatic rings. The van der Waals surface area contributed by atoms with Crippen LogP contribution >= 0.6 is 11.6 Å². The van der Waals surface area contributed by atoms with Crippen LogP contribution in [-0.2, 0) is 4.84 Å². The Morgan fingerprint density at radius 3 is 2.95 bits per heavy atom. The first-order chi connectivity index (χ1) is 9.63. The highest BCUT2D eigenvalue weighted by Gasteiger charge is 2.10. The van der Waals surface area contributed by atoms with Crippen molar-refractivity contribution in [3.63, 3.8) is 0 Å². The second-order valence-electron chi connectivity index (χ2n) is 3.98. The van der Waals surface area contributed by atoms with E-state index in [1.807, 2.05) is 25.1 Å². The molecule has 2 rings (SSSR count). The molecule has 0 amide bonds. The zero-order valence-electron chi connectivity index (χ0n) is 11.1. The summed E-state index contributed by atoms with van der Waals surface area (Å²) in [6.45, 7) is 1.91. The Kier molecular flexibility index (Phi) is 4.37. The quantitative estimate of drug-likeness (QED) is 0.668. The molecule has 0 fully saturated rings. The van der Waals surface area contributed by atoms with Gasteiger partial charge in [-0.1, -0.05) is 22.8 Å². The maximum Gasteiger partial charge on any atom is 0.144 e. The molecule has 0 saturated carbocycles. The summed E-state index contributed by atoms with van der Waals surface area (Å²) in [5.74, 6) is 0.839. The second-order valence-corrected chi connectivity index (χ2v) is 4.38. The minimum absolute atomic E-state index is 0.308. The number of hydrogen-bond donors (Lipinski definition) is 2. The molecule has 1 aromatic heterocycles. The molecule has 3 N–H and O–H groups in total. The van der Waals surface area contributed by atoms with Crippen LogP contribution in [-0.4, -0.2) is 23.3 Å². The number of benzene rings is 1. The molecule has 6 nitrogen and oxygen atoms in total. The van der Waals surface area contributed by atoms with Crippen molar-refractivity contribution >= 4 is 35.1 Å². The summed E-state index contributed by atoms with van der Waals surface area (Å²) in [7, 11) is 1.45. The molecular weight excluding hydrogens is 278 g/mol. The highest BCUT2D eigenvalue weighted by atomic mass is 35.5.